The Hall–Kier alpha value is -1.88. The summed E-state index contributed by atoms with van der Waals surface area (Å²) in [6, 6.07) is 3.48. The van der Waals surface area contributed by atoms with Crippen molar-refractivity contribution in [1.29, 1.82) is 0 Å². The number of carbonyl (C=O) groups excluding carboxylic acids is 2. The van der Waals surface area contributed by atoms with Gasteiger partial charge >= 0.3 is 0 Å². The van der Waals surface area contributed by atoms with E-state index in [4.69, 9.17) is 5.73 Å². The normalized spacial score (nSPS) is 37.0. The molecular weight excluding hydrogens is 354 g/mol. The van der Waals surface area contributed by atoms with Gasteiger partial charge in [-0.05, 0) is 61.5 Å². The van der Waals surface area contributed by atoms with Crippen LogP contribution < -0.4 is 5.73 Å². The van der Waals surface area contributed by atoms with Crippen LogP contribution in [-0.4, -0.2) is 27.5 Å². The van der Waals surface area contributed by atoms with Crippen LogP contribution in [0.1, 0.15) is 79.3 Å². The summed E-state index contributed by atoms with van der Waals surface area (Å²) in [5, 5.41) is 23.1. The number of phenols is 1. The predicted octanol–water partition coefficient (Wildman–Crippen LogP) is 2.99. The molecule has 2 bridgehead atoms. The molecule has 1 aromatic carbocycles. The van der Waals surface area contributed by atoms with E-state index in [2.05, 4.69) is 0 Å². The van der Waals surface area contributed by atoms with Crippen LogP contribution in [0.3, 0.4) is 0 Å². The standard InChI is InChI=1S/C23H29NO4/c24-21(27)17-5-4-15-11-18-14(10-13-2-1-3-13)6-8-22(19(15)20(17)26)12-16(25)7-9-23(18,22)28/h4-5,13-14,18,26,28H,1-3,6-12H2,(H2,24,27). The lowest BCUT2D eigenvalue weighted by atomic mass is 9.43. The monoisotopic (exact) mass is 383 g/mol. The van der Waals surface area contributed by atoms with Crippen LogP contribution in [0, 0.1) is 17.8 Å². The Labute approximate surface area is 165 Å². The molecule has 4 unspecified atom stereocenters. The van der Waals surface area contributed by atoms with Gasteiger partial charge in [-0.2, -0.15) is 0 Å². The zero-order valence-electron chi connectivity index (χ0n) is 16.2. The zero-order chi connectivity index (χ0) is 19.7. The van der Waals surface area contributed by atoms with Crippen molar-refractivity contribution in [2.75, 3.05) is 0 Å². The Balaban J connectivity index is 1.66. The highest BCUT2D eigenvalue weighted by Gasteiger charge is 2.65. The molecule has 1 aromatic rings. The topological polar surface area (TPSA) is 101 Å². The maximum Gasteiger partial charge on any atom is 0.252 e. The molecule has 4 N–H and O–H groups in total. The summed E-state index contributed by atoms with van der Waals surface area (Å²) in [6.45, 7) is 0. The molecule has 0 saturated heterocycles. The lowest BCUT2D eigenvalue weighted by Gasteiger charge is -2.63. The molecule has 3 fully saturated rings. The van der Waals surface area contributed by atoms with Gasteiger partial charge in [0.1, 0.15) is 11.5 Å². The number of ketones is 1. The van der Waals surface area contributed by atoms with E-state index >= 15 is 0 Å². The van der Waals surface area contributed by atoms with Crippen LogP contribution in [0.5, 0.6) is 5.75 Å². The number of primary amides is 1. The minimum atomic E-state index is -0.992. The number of benzene rings is 1. The van der Waals surface area contributed by atoms with Crippen molar-refractivity contribution >= 4 is 11.7 Å². The van der Waals surface area contributed by atoms with E-state index in [0.717, 1.165) is 24.3 Å². The van der Waals surface area contributed by atoms with Crippen LogP contribution in [0.2, 0.25) is 0 Å². The quantitative estimate of drug-likeness (QED) is 0.747. The summed E-state index contributed by atoms with van der Waals surface area (Å²) in [4.78, 5) is 24.4. The molecule has 0 aliphatic heterocycles. The summed E-state index contributed by atoms with van der Waals surface area (Å²) < 4.78 is 0. The number of rotatable bonds is 3. The van der Waals surface area contributed by atoms with E-state index in [0.29, 0.717) is 37.2 Å². The smallest absolute Gasteiger partial charge is 0.252 e. The Bertz CT molecular complexity index is 860. The Morgan fingerprint density at radius 3 is 2.68 bits per heavy atom. The first-order valence-electron chi connectivity index (χ1n) is 10.7. The number of aromatic hydroxyl groups is 1. The fourth-order valence-corrected chi connectivity index (χ4v) is 6.99. The van der Waals surface area contributed by atoms with Crippen LogP contribution in [-0.2, 0) is 16.6 Å². The van der Waals surface area contributed by atoms with Crippen LogP contribution >= 0.6 is 0 Å². The fraction of sp³-hybridized carbons (Fsp3) is 0.652. The van der Waals surface area contributed by atoms with Crippen molar-refractivity contribution < 1.29 is 19.8 Å². The summed E-state index contributed by atoms with van der Waals surface area (Å²) in [6.07, 6.45) is 8.53. The third-order valence-corrected chi connectivity index (χ3v) is 8.55. The van der Waals surface area contributed by atoms with E-state index in [1.165, 1.54) is 19.3 Å². The summed E-state index contributed by atoms with van der Waals surface area (Å²) in [7, 11) is 0. The second-order valence-electron chi connectivity index (χ2n) is 9.72. The highest BCUT2D eigenvalue weighted by atomic mass is 16.3. The van der Waals surface area contributed by atoms with Gasteiger partial charge in [0, 0.05) is 23.8 Å². The minimum Gasteiger partial charge on any atom is -0.507 e. The molecule has 4 aliphatic rings. The van der Waals surface area contributed by atoms with Gasteiger partial charge in [-0.15, -0.1) is 0 Å². The highest BCUT2D eigenvalue weighted by Crippen LogP contribution is 2.64. The van der Waals surface area contributed by atoms with Gasteiger partial charge in [0.15, 0.2) is 0 Å². The second-order valence-corrected chi connectivity index (χ2v) is 9.72. The van der Waals surface area contributed by atoms with Crippen molar-refractivity contribution in [2.45, 2.75) is 75.2 Å². The van der Waals surface area contributed by atoms with Gasteiger partial charge < -0.3 is 15.9 Å². The third-order valence-electron chi connectivity index (χ3n) is 8.55. The summed E-state index contributed by atoms with van der Waals surface area (Å²) in [5.74, 6) is 0.692. The lowest BCUT2D eigenvalue weighted by Crippen LogP contribution is -2.67. The molecule has 3 saturated carbocycles. The van der Waals surface area contributed by atoms with Crippen LogP contribution in [0.15, 0.2) is 12.1 Å². The van der Waals surface area contributed by atoms with Crippen molar-refractivity contribution in [1.82, 2.24) is 0 Å². The van der Waals surface area contributed by atoms with Crippen LogP contribution in [0.4, 0.5) is 0 Å². The highest BCUT2D eigenvalue weighted by molar-refractivity contribution is 5.96. The zero-order valence-corrected chi connectivity index (χ0v) is 16.2. The molecule has 150 valence electrons. The van der Waals surface area contributed by atoms with Gasteiger partial charge in [0.25, 0.3) is 5.91 Å². The molecule has 28 heavy (non-hydrogen) atoms. The maximum atomic E-state index is 12.5. The van der Waals surface area contributed by atoms with Crippen molar-refractivity contribution in [3.8, 4) is 5.75 Å². The van der Waals surface area contributed by atoms with E-state index < -0.39 is 16.9 Å². The summed E-state index contributed by atoms with van der Waals surface area (Å²) in [5.41, 5.74) is 5.38. The number of hydrogen-bond acceptors (Lipinski definition) is 4. The van der Waals surface area contributed by atoms with Gasteiger partial charge in [0.2, 0.25) is 0 Å². The first-order valence-corrected chi connectivity index (χ1v) is 10.7. The van der Waals surface area contributed by atoms with Crippen LogP contribution in [0.25, 0.3) is 0 Å². The number of Topliss-reactive ketones (excluding diaryl/α,β-unsaturated/α-hetero) is 1. The molecule has 0 aromatic heterocycles. The second kappa shape index (κ2) is 6.06. The molecular formula is C23H29NO4. The molecule has 5 nitrogen and oxygen atoms in total. The predicted molar refractivity (Wildman–Crippen MR) is 104 cm³/mol. The molecule has 0 heterocycles. The number of nitrogens with two attached hydrogens (primary N) is 1. The molecule has 1 amide bonds. The third kappa shape index (κ3) is 2.28. The molecule has 0 spiro atoms. The Morgan fingerprint density at radius 2 is 2.00 bits per heavy atom. The Morgan fingerprint density at radius 1 is 1.21 bits per heavy atom. The summed E-state index contributed by atoms with van der Waals surface area (Å²) >= 11 is 0. The maximum absolute atomic E-state index is 12.5. The van der Waals surface area contributed by atoms with Crippen molar-refractivity contribution in [2.24, 2.45) is 23.5 Å². The minimum absolute atomic E-state index is 0.0866. The van der Waals surface area contributed by atoms with Gasteiger partial charge in [-0.25, -0.2) is 0 Å². The van der Waals surface area contributed by atoms with E-state index in [1.807, 2.05) is 6.07 Å². The average molecular weight is 383 g/mol. The molecule has 0 radical (unpaired) electrons. The SMILES string of the molecule is NC(=O)c1ccc2c(c1O)C13CCC(CC4CCC4)C(C2)C1(O)CCC(=O)C3. The van der Waals surface area contributed by atoms with E-state index in [9.17, 15) is 19.8 Å². The van der Waals surface area contributed by atoms with Gasteiger partial charge in [-0.3, -0.25) is 9.59 Å². The largest absolute Gasteiger partial charge is 0.507 e. The van der Waals surface area contributed by atoms with E-state index in [1.54, 1.807) is 6.07 Å². The number of carbonyl (C=O) groups is 2. The fourth-order valence-electron chi connectivity index (χ4n) is 6.99. The lowest BCUT2D eigenvalue weighted by molar-refractivity contribution is -0.174. The van der Waals surface area contributed by atoms with Crippen molar-refractivity contribution in [3.05, 3.63) is 28.8 Å². The molecule has 4 atom stereocenters. The number of fused-ring (bicyclic) bond motifs is 1. The first kappa shape index (κ1) is 18.2. The van der Waals surface area contributed by atoms with Gasteiger partial charge in [-0.1, -0.05) is 25.3 Å². The number of hydrogen-bond donors (Lipinski definition) is 3. The van der Waals surface area contributed by atoms with E-state index in [-0.39, 0.29) is 29.4 Å². The molecule has 5 heteroatoms. The molecule has 5 rings (SSSR count). The van der Waals surface area contributed by atoms with Crippen molar-refractivity contribution in [3.63, 3.8) is 0 Å². The molecule has 4 aliphatic carbocycles. The van der Waals surface area contributed by atoms with Gasteiger partial charge in [0.05, 0.1) is 11.2 Å². The first-order chi connectivity index (χ1) is 13.4. The number of aliphatic hydroxyl groups is 1. The number of amides is 1. The Kier molecular flexibility index (Phi) is 3.93. The average Bonchev–Trinajstić information content (AvgIpc) is 2.59.